The fraction of sp³-hybridized carbons (Fsp3) is 0. The molecule has 9 aromatic carbocycles. The van der Waals surface area contributed by atoms with E-state index in [0.717, 1.165) is 66.8 Å². The smallest absolute Gasteiger partial charge is 0.227 e. The third-order valence-corrected chi connectivity index (χ3v) is 10.7. The van der Waals surface area contributed by atoms with Crippen LogP contribution in [0.5, 0.6) is 0 Å². The number of furan rings is 1. The van der Waals surface area contributed by atoms with Gasteiger partial charge in [-0.3, -0.25) is 0 Å². The van der Waals surface area contributed by atoms with Gasteiger partial charge in [0.15, 0.2) is 5.58 Å². The first-order valence-electron chi connectivity index (χ1n) is 18.5. The Morgan fingerprint density at radius 1 is 0.364 bits per heavy atom. The number of benzene rings is 9. The highest BCUT2D eigenvalue weighted by Gasteiger charge is 2.19. The van der Waals surface area contributed by atoms with Crippen LogP contribution in [0.1, 0.15) is 0 Å². The molecule has 2 aromatic heterocycles. The molecule has 0 bridgehead atoms. The van der Waals surface area contributed by atoms with Gasteiger partial charge in [-0.25, -0.2) is 4.98 Å². The van der Waals surface area contributed by atoms with Crippen molar-refractivity contribution in [1.29, 1.82) is 0 Å². The Balaban J connectivity index is 1.01. The van der Waals surface area contributed by atoms with Crippen molar-refractivity contribution in [3.8, 4) is 33.7 Å². The summed E-state index contributed by atoms with van der Waals surface area (Å²) in [4.78, 5) is 7.41. The van der Waals surface area contributed by atoms with Crippen LogP contribution in [0.15, 0.2) is 203 Å². The molecule has 0 unspecified atom stereocenters. The number of hydrogen-bond acceptors (Lipinski definition) is 4. The van der Waals surface area contributed by atoms with E-state index in [1.54, 1.807) is 0 Å². The molecule has 0 aliphatic heterocycles. The molecule has 2 heterocycles. The maximum Gasteiger partial charge on any atom is 0.227 e. The number of anilines is 3. The molecule has 11 aromatic rings. The van der Waals surface area contributed by atoms with Crippen LogP contribution >= 0.6 is 0 Å². The van der Waals surface area contributed by atoms with Crippen LogP contribution in [0.2, 0.25) is 0 Å². The normalized spacial score (nSPS) is 11.6. The van der Waals surface area contributed by atoms with Gasteiger partial charge in [-0.2, -0.15) is 0 Å². The van der Waals surface area contributed by atoms with E-state index in [9.17, 15) is 0 Å². The average molecular weight is 705 g/mol. The third-order valence-electron chi connectivity index (χ3n) is 10.7. The number of oxazole rings is 1. The van der Waals surface area contributed by atoms with Crippen molar-refractivity contribution in [3.05, 3.63) is 194 Å². The molecule has 4 heteroatoms. The van der Waals surface area contributed by atoms with Gasteiger partial charge in [0.2, 0.25) is 5.89 Å². The maximum absolute atomic E-state index is 6.37. The molecule has 0 aliphatic carbocycles. The molecule has 0 amide bonds. The lowest BCUT2D eigenvalue weighted by molar-refractivity contribution is 0.619. The monoisotopic (exact) mass is 704 g/mol. The number of para-hydroxylation sites is 2. The summed E-state index contributed by atoms with van der Waals surface area (Å²) in [7, 11) is 0. The van der Waals surface area contributed by atoms with Crippen molar-refractivity contribution in [2.24, 2.45) is 0 Å². The van der Waals surface area contributed by atoms with E-state index < -0.39 is 0 Å². The predicted molar refractivity (Wildman–Crippen MR) is 227 cm³/mol. The summed E-state index contributed by atoms with van der Waals surface area (Å²) < 4.78 is 12.5. The second-order valence-electron chi connectivity index (χ2n) is 13.9. The van der Waals surface area contributed by atoms with E-state index in [4.69, 9.17) is 13.8 Å². The number of aromatic nitrogens is 1. The summed E-state index contributed by atoms with van der Waals surface area (Å²) in [5.74, 6) is 0.564. The molecule has 55 heavy (non-hydrogen) atoms. The molecule has 258 valence electrons. The summed E-state index contributed by atoms with van der Waals surface area (Å²) >= 11 is 0. The summed E-state index contributed by atoms with van der Waals surface area (Å²) in [6.07, 6.45) is 0. The van der Waals surface area contributed by atoms with Crippen LogP contribution < -0.4 is 4.90 Å². The Hall–Kier alpha value is -7.43. The second kappa shape index (κ2) is 12.6. The molecule has 4 nitrogen and oxygen atoms in total. The fourth-order valence-corrected chi connectivity index (χ4v) is 8.07. The highest BCUT2D eigenvalue weighted by atomic mass is 16.3. The van der Waals surface area contributed by atoms with Crippen molar-refractivity contribution < 1.29 is 8.83 Å². The van der Waals surface area contributed by atoms with Crippen molar-refractivity contribution in [2.75, 3.05) is 4.90 Å². The van der Waals surface area contributed by atoms with Gasteiger partial charge < -0.3 is 13.7 Å². The standard InChI is InChI=1S/C51H32N2O2/c1-3-17-40-33(11-1)13-8-20-41(40)36-15-7-16-39(31-36)53(46-22-9-14-34-12-2-4-18-42(34)46)38-28-25-35(26-29-38)43-21-10-24-48-50(43)52-51(55-48)37-27-30-45-44-19-5-6-23-47(44)54-49(45)32-37/h1-32H. The number of fused-ring (bicyclic) bond motifs is 6. The molecule has 0 saturated carbocycles. The number of nitrogens with zero attached hydrogens (tertiary/aromatic N) is 2. The van der Waals surface area contributed by atoms with E-state index in [0.29, 0.717) is 5.89 Å². The maximum atomic E-state index is 6.37. The largest absolute Gasteiger partial charge is 0.456 e. The van der Waals surface area contributed by atoms with Crippen molar-refractivity contribution >= 4 is 71.6 Å². The lowest BCUT2D eigenvalue weighted by Crippen LogP contribution is -2.10. The summed E-state index contributed by atoms with van der Waals surface area (Å²) in [5, 5.41) is 7.03. The number of hydrogen-bond donors (Lipinski definition) is 0. The molecule has 0 radical (unpaired) electrons. The minimum atomic E-state index is 0.564. The second-order valence-corrected chi connectivity index (χ2v) is 13.9. The lowest BCUT2D eigenvalue weighted by atomic mass is 9.97. The Labute approximate surface area is 317 Å². The highest BCUT2D eigenvalue weighted by Crippen LogP contribution is 2.42. The fourth-order valence-electron chi connectivity index (χ4n) is 8.07. The van der Waals surface area contributed by atoms with Crippen LogP contribution in [-0.2, 0) is 0 Å². The summed E-state index contributed by atoms with van der Waals surface area (Å²) in [6.45, 7) is 0. The van der Waals surface area contributed by atoms with Crippen LogP contribution in [0.4, 0.5) is 17.1 Å². The van der Waals surface area contributed by atoms with Gasteiger partial charge in [0.05, 0.1) is 5.69 Å². The Kier molecular flexibility index (Phi) is 7.14. The quantitative estimate of drug-likeness (QED) is 0.173. The summed E-state index contributed by atoms with van der Waals surface area (Å²) in [5.41, 5.74) is 11.8. The van der Waals surface area contributed by atoms with Crippen LogP contribution in [-0.4, -0.2) is 4.98 Å². The highest BCUT2D eigenvalue weighted by molar-refractivity contribution is 6.06. The first kappa shape index (κ1) is 31.1. The molecule has 0 fully saturated rings. The van der Waals surface area contributed by atoms with Gasteiger partial charge in [0.25, 0.3) is 0 Å². The van der Waals surface area contributed by atoms with Gasteiger partial charge in [-0.05, 0) is 93.5 Å². The first-order chi connectivity index (χ1) is 27.2. The van der Waals surface area contributed by atoms with Gasteiger partial charge in [-0.15, -0.1) is 0 Å². The summed E-state index contributed by atoms with van der Waals surface area (Å²) in [6, 6.07) is 68.3. The van der Waals surface area contributed by atoms with Crippen molar-refractivity contribution in [2.45, 2.75) is 0 Å². The van der Waals surface area contributed by atoms with Gasteiger partial charge in [-0.1, -0.05) is 133 Å². The molecule has 0 spiro atoms. The SMILES string of the molecule is c1cc(-c2cccc3ccccc23)cc(N(c2ccc(-c3cccc4oc(-c5ccc6c(c5)oc5ccccc56)nc34)cc2)c2cccc3ccccc23)c1. The minimum absolute atomic E-state index is 0.564. The van der Waals surface area contributed by atoms with Crippen molar-refractivity contribution in [3.63, 3.8) is 0 Å². The molecular formula is C51H32N2O2. The Morgan fingerprint density at radius 2 is 1.00 bits per heavy atom. The Bertz CT molecular complexity index is 3220. The van der Waals surface area contributed by atoms with E-state index in [-0.39, 0.29) is 0 Å². The van der Waals surface area contributed by atoms with Crippen LogP contribution in [0.3, 0.4) is 0 Å². The molecule has 0 aliphatic rings. The van der Waals surface area contributed by atoms with Crippen molar-refractivity contribution in [1.82, 2.24) is 4.98 Å². The molecule has 0 atom stereocenters. The Morgan fingerprint density at radius 3 is 1.87 bits per heavy atom. The van der Waals surface area contributed by atoms with Gasteiger partial charge >= 0.3 is 0 Å². The van der Waals surface area contributed by atoms with E-state index >= 15 is 0 Å². The molecule has 11 rings (SSSR count). The van der Waals surface area contributed by atoms with E-state index in [1.165, 1.54) is 32.7 Å². The van der Waals surface area contributed by atoms with Crippen LogP contribution in [0, 0.1) is 0 Å². The third kappa shape index (κ3) is 5.26. The molecule has 0 N–H and O–H groups in total. The van der Waals surface area contributed by atoms with E-state index in [1.807, 2.05) is 36.4 Å². The minimum Gasteiger partial charge on any atom is -0.456 e. The van der Waals surface area contributed by atoms with Gasteiger partial charge in [0, 0.05) is 38.7 Å². The lowest BCUT2D eigenvalue weighted by Gasteiger charge is -2.27. The van der Waals surface area contributed by atoms with Crippen LogP contribution in [0.25, 0.3) is 88.3 Å². The zero-order valence-corrected chi connectivity index (χ0v) is 29.7. The van der Waals surface area contributed by atoms with Gasteiger partial charge in [0.1, 0.15) is 16.7 Å². The number of rotatable bonds is 6. The first-order valence-corrected chi connectivity index (χ1v) is 18.5. The molecular weight excluding hydrogens is 673 g/mol. The average Bonchev–Trinajstić information content (AvgIpc) is 3.86. The molecule has 0 saturated heterocycles. The zero-order chi connectivity index (χ0) is 36.3. The predicted octanol–water partition coefficient (Wildman–Crippen LogP) is 14.5. The zero-order valence-electron chi connectivity index (χ0n) is 29.7. The topological polar surface area (TPSA) is 42.4 Å². The van der Waals surface area contributed by atoms with E-state index in [2.05, 4.69) is 163 Å².